The van der Waals surface area contributed by atoms with E-state index in [1.54, 1.807) is 4.90 Å². The molecule has 2 amide bonds. The first-order valence-electron chi connectivity index (χ1n) is 7.62. The number of anilines is 1. The summed E-state index contributed by atoms with van der Waals surface area (Å²) in [5, 5.41) is 2.96. The highest BCUT2D eigenvalue weighted by Gasteiger charge is 2.52. The summed E-state index contributed by atoms with van der Waals surface area (Å²) in [6.45, 7) is 8.45. The van der Waals surface area contributed by atoms with Crippen LogP contribution in [0.2, 0.25) is 0 Å². The van der Waals surface area contributed by atoms with Crippen molar-refractivity contribution >= 4 is 17.7 Å². The second-order valence-corrected chi connectivity index (χ2v) is 7.24. The first-order chi connectivity index (χ1) is 10.2. The highest BCUT2D eigenvalue weighted by atomic mass is 16.6. The molecule has 5 heteroatoms. The van der Waals surface area contributed by atoms with E-state index >= 15 is 0 Å². The van der Waals surface area contributed by atoms with Crippen molar-refractivity contribution < 1.29 is 14.3 Å². The van der Waals surface area contributed by atoms with Crippen molar-refractivity contribution in [1.82, 2.24) is 4.90 Å². The highest BCUT2D eigenvalue weighted by molar-refractivity contribution is 6.07. The maximum atomic E-state index is 12.5. The molecule has 1 aromatic rings. The van der Waals surface area contributed by atoms with E-state index in [-0.39, 0.29) is 12.0 Å². The van der Waals surface area contributed by atoms with E-state index in [0.29, 0.717) is 19.5 Å². The number of likely N-dealkylation sites (tertiary alicyclic amines) is 1. The normalized spacial score (nSPS) is 23.6. The summed E-state index contributed by atoms with van der Waals surface area (Å²) in [5.74, 6) is -0.0147. The fraction of sp³-hybridized carbons (Fsp3) is 0.529. The number of nitrogens with zero attached hydrogens (tertiary/aromatic N) is 1. The monoisotopic (exact) mass is 302 g/mol. The Morgan fingerprint density at radius 2 is 2.09 bits per heavy atom. The average molecular weight is 302 g/mol. The van der Waals surface area contributed by atoms with E-state index in [0.717, 1.165) is 16.8 Å². The summed E-state index contributed by atoms with van der Waals surface area (Å²) in [6, 6.07) is 6.00. The zero-order chi connectivity index (χ0) is 16.1. The maximum Gasteiger partial charge on any atom is 0.410 e. The van der Waals surface area contributed by atoms with Crippen molar-refractivity contribution in [2.24, 2.45) is 0 Å². The van der Waals surface area contributed by atoms with Crippen LogP contribution in [-0.4, -0.2) is 35.6 Å². The van der Waals surface area contributed by atoms with E-state index in [4.69, 9.17) is 4.74 Å². The fourth-order valence-electron chi connectivity index (χ4n) is 3.24. The molecular weight excluding hydrogens is 280 g/mol. The van der Waals surface area contributed by atoms with Gasteiger partial charge in [0.15, 0.2) is 0 Å². The molecule has 118 valence electrons. The van der Waals surface area contributed by atoms with E-state index in [2.05, 4.69) is 5.32 Å². The predicted octanol–water partition coefficient (Wildman–Crippen LogP) is 2.83. The molecule has 0 radical (unpaired) electrons. The number of carbonyl (C=O) groups excluding carboxylic acids is 2. The second-order valence-electron chi connectivity index (χ2n) is 7.24. The average Bonchev–Trinajstić information content (AvgIpc) is 2.92. The molecule has 1 aromatic carbocycles. The van der Waals surface area contributed by atoms with Crippen LogP contribution in [0.25, 0.3) is 0 Å². The molecule has 0 saturated carbocycles. The number of carbonyl (C=O) groups is 2. The number of rotatable bonds is 0. The van der Waals surface area contributed by atoms with E-state index in [9.17, 15) is 9.59 Å². The molecule has 0 aromatic heterocycles. The largest absolute Gasteiger partial charge is 0.444 e. The van der Waals surface area contributed by atoms with Gasteiger partial charge in [-0.2, -0.15) is 0 Å². The predicted molar refractivity (Wildman–Crippen MR) is 83.9 cm³/mol. The zero-order valence-corrected chi connectivity index (χ0v) is 13.5. The van der Waals surface area contributed by atoms with Gasteiger partial charge in [0.25, 0.3) is 0 Å². The van der Waals surface area contributed by atoms with Crippen LogP contribution in [0, 0.1) is 6.92 Å². The molecule has 1 atom stereocenters. The number of fused-ring (bicyclic) bond motifs is 2. The number of nitrogens with one attached hydrogen (secondary N) is 1. The molecule has 0 aliphatic carbocycles. The summed E-state index contributed by atoms with van der Waals surface area (Å²) >= 11 is 0. The van der Waals surface area contributed by atoms with Crippen molar-refractivity contribution in [3.63, 3.8) is 0 Å². The summed E-state index contributed by atoms with van der Waals surface area (Å²) in [6.07, 6.45) is 0.284. The van der Waals surface area contributed by atoms with Crippen LogP contribution in [0.3, 0.4) is 0 Å². The molecule has 3 rings (SSSR count). The molecule has 2 aliphatic rings. The molecule has 5 nitrogen and oxygen atoms in total. The van der Waals surface area contributed by atoms with E-state index in [1.165, 1.54) is 0 Å². The van der Waals surface area contributed by atoms with E-state index in [1.807, 2.05) is 45.9 Å². The molecule has 1 saturated heterocycles. The Kier molecular flexibility index (Phi) is 3.20. The van der Waals surface area contributed by atoms with Crippen LogP contribution in [0.4, 0.5) is 10.5 Å². The number of benzene rings is 1. The third-order valence-electron chi connectivity index (χ3n) is 4.29. The first-order valence-corrected chi connectivity index (χ1v) is 7.62. The van der Waals surface area contributed by atoms with Crippen LogP contribution in [-0.2, 0) is 14.9 Å². The van der Waals surface area contributed by atoms with Gasteiger partial charge in [-0.1, -0.05) is 12.1 Å². The Bertz CT molecular complexity index is 648. The third kappa shape index (κ3) is 2.34. The molecule has 2 heterocycles. The minimum atomic E-state index is -0.625. The number of ether oxygens (including phenoxy) is 1. The Balaban J connectivity index is 1.85. The molecule has 1 fully saturated rings. The minimum absolute atomic E-state index is 0.0147. The number of hydrogen-bond donors (Lipinski definition) is 1. The van der Waals surface area contributed by atoms with Crippen molar-refractivity contribution in [1.29, 1.82) is 0 Å². The molecule has 1 spiro atoms. The molecule has 0 bridgehead atoms. The molecule has 22 heavy (non-hydrogen) atoms. The standard InChI is InChI=1S/C17H22N2O3/c1-11-5-6-12-13(9-11)18-14(20)17(12)7-8-19(10-17)15(21)22-16(2,3)4/h5-6,9H,7-8,10H2,1-4H3,(H,18,20). The zero-order valence-electron chi connectivity index (χ0n) is 13.5. The van der Waals surface area contributed by atoms with Gasteiger partial charge in [0.2, 0.25) is 5.91 Å². The lowest BCUT2D eigenvalue weighted by molar-refractivity contribution is -0.120. The molecule has 1 N–H and O–H groups in total. The lowest BCUT2D eigenvalue weighted by Crippen LogP contribution is -2.41. The third-order valence-corrected chi connectivity index (χ3v) is 4.29. The second kappa shape index (κ2) is 4.73. The van der Waals surface area contributed by atoms with Crippen LogP contribution in [0.15, 0.2) is 18.2 Å². The topological polar surface area (TPSA) is 58.6 Å². The van der Waals surface area contributed by atoms with Gasteiger partial charge in [0.1, 0.15) is 5.60 Å². The lowest BCUT2D eigenvalue weighted by atomic mass is 9.81. The van der Waals surface area contributed by atoms with Crippen molar-refractivity contribution in [3.8, 4) is 0 Å². The van der Waals surface area contributed by atoms with Gasteiger partial charge in [0, 0.05) is 18.8 Å². The Labute approximate surface area is 130 Å². The van der Waals surface area contributed by atoms with Crippen LogP contribution < -0.4 is 5.32 Å². The van der Waals surface area contributed by atoms with Gasteiger partial charge in [-0.15, -0.1) is 0 Å². The Morgan fingerprint density at radius 3 is 2.77 bits per heavy atom. The summed E-state index contributed by atoms with van der Waals surface area (Å²) in [5.41, 5.74) is 1.82. The lowest BCUT2D eigenvalue weighted by Gasteiger charge is -2.26. The summed E-state index contributed by atoms with van der Waals surface area (Å²) in [4.78, 5) is 26.4. The van der Waals surface area contributed by atoms with Crippen molar-refractivity contribution in [3.05, 3.63) is 29.3 Å². The molecule has 1 unspecified atom stereocenters. The highest BCUT2D eigenvalue weighted by Crippen LogP contribution is 2.44. The van der Waals surface area contributed by atoms with Gasteiger partial charge < -0.3 is 15.0 Å². The van der Waals surface area contributed by atoms with E-state index < -0.39 is 11.0 Å². The van der Waals surface area contributed by atoms with Gasteiger partial charge >= 0.3 is 6.09 Å². The van der Waals surface area contributed by atoms with Crippen molar-refractivity contribution in [2.75, 3.05) is 18.4 Å². The Morgan fingerprint density at radius 1 is 1.36 bits per heavy atom. The number of aryl methyl sites for hydroxylation is 1. The van der Waals surface area contributed by atoms with Crippen LogP contribution in [0.1, 0.15) is 38.3 Å². The quantitative estimate of drug-likeness (QED) is 0.801. The first kappa shape index (κ1) is 14.9. The van der Waals surface area contributed by atoms with Crippen LogP contribution in [0.5, 0.6) is 0 Å². The smallest absolute Gasteiger partial charge is 0.410 e. The summed E-state index contributed by atoms with van der Waals surface area (Å²) < 4.78 is 5.42. The van der Waals surface area contributed by atoms with Gasteiger partial charge in [-0.3, -0.25) is 4.79 Å². The maximum absolute atomic E-state index is 12.5. The fourth-order valence-corrected chi connectivity index (χ4v) is 3.24. The van der Waals surface area contributed by atoms with Gasteiger partial charge in [0.05, 0.1) is 5.41 Å². The molecule has 2 aliphatic heterocycles. The Hall–Kier alpha value is -2.04. The van der Waals surface area contributed by atoms with Crippen LogP contribution >= 0.6 is 0 Å². The van der Waals surface area contributed by atoms with Crippen molar-refractivity contribution in [2.45, 2.75) is 45.1 Å². The van der Waals surface area contributed by atoms with Gasteiger partial charge in [-0.25, -0.2) is 4.79 Å². The number of hydrogen-bond acceptors (Lipinski definition) is 3. The minimum Gasteiger partial charge on any atom is -0.444 e. The van der Waals surface area contributed by atoms with Gasteiger partial charge in [-0.05, 0) is 51.3 Å². The number of amides is 2. The molecular formula is C17H22N2O3. The summed E-state index contributed by atoms with van der Waals surface area (Å²) in [7, 11) is 0. The SMILES string of the molecule is Cc1ccc2c(c1)NC(=O)C21CCN(C(=O)OC(C)(C)C)C1.